The first-order valence-corrected chi connectivity index (χ1v) is 6.33. The Labute approximate surface area is 91.4 Å². The van der Waals surface area contributed by atoms with E-state index < -0.39 is 0 Å². The van der Waals surface area contributed by atoms with Crippen molar-refractivity contribution in [3.8, 4) is 0 Å². The van der Waals surface area contributed by atoms with Crippen LogP contribution in [0.5, 0.6) is 0 Å². The van der Waals surface area contributed by atoms with E-state index in [4.69, 9.17) is 0 Å². The molecule has 2 atom stereocenters. The largest absolute Gasteiger partial charge is 0.300 e. The Balaban J connectivity index is 1.61. The molecule has 3 aliphatic rings. The Hall–Kier alpha value is -0.410. The van der Waals surface area contributed by atoms with Crippen LogP contribution in [0.25, 0.3) is 0 Å². The highest BCUT2D eigenvalue weighted by atomic mass is 16.1. The van der Waals surface area contributed by atoms with Gasteiger partial charge in [-0.05, 0) is 25.8 Å². The van der Waals surface area contributed by atoms with Gasteiger partial charge in [0.25, 0.3) is 0 Å². The van der Waals surface area contributed by atoms with E-state index in [1.165, 1.54) is 39.0 Å². The fourth-order valence-corrected chi connectivity index (χ4v) is 3.45. The van der Waals surface area contributed by atoms with Crippen molar-refractivity contribution >= 4 is 5.78 Å². The smallest absolute Gasteiger partial charge is 0.134 e. The van der Waals surface area contributed by atoms with Crippen LogP contribution in [0.2, 0.25) is 0 Å². The Kier molecular flexibility index (Phi) is 2.53. The summed E-state index contributed by atoms with van der Waals surface area (Å²) < 4.78 is 0. The molecule has 0 bridgehead atoms. The molecule has 0 radical (unpaired) electrons. The van der Waals surface area contributed by atoms with Crippen LogP contribution in [-0.2, 0) is 4.79 Å². The molecule has 2 unspecified atom stereocenters. The number of ketones is 1. The molecular weight excluding hydrogens is 188 g/mol. The summed E-state index contributed by atoms with van der Waals surface area (Å²) in [7, 11) is 0. The highest BCUT2D eigenvalue weighted by molar-refractivity contribution is 5.81. The van der Waals surface area contributed by atoms with Gasteiger partial charge >= 0.3 is 0 Å². The third-order valence-electron chi connectivity index (χ3n) is 4.35. The van der Waals surface area contributed by atoms with E-state index in [1.807, 2.05) is 0 Å². The van der Waals surface area contributed by atoms with Gasteiger partial charge in [0, 0.05) is 44.6 Å². The van der Waals surface area contributed by atoms with Crippen LogP contribution in [0.1, 0.15) is 32.1 Å². The van der Waals surface area contributed by atoms with Crippen LogP contribution in [0.15, 0.2) is 0 Å². The first-order chi connectivity index (χ1) is 7.33. The molecular formula is C12H20N2O. The Bertz CT molecular complexity index is 266. The molecule has 1 saturated carbocycles. The predicted octanol–water partition coefficient (Wildman–Crippen LogP) is 0.888. The Morgan fingerprint density at radius 3 is 2.67 bits per heavy atom. The van der Waals surface area contributed by atoms with Gasteiger partial charge in [-0.3, -0.25) is 14.6 Å². The number of fused-ring (bicyclic) bond motifs is 1. The zero-order valence-corrected chi connectivity index (χ0v) is 9.32. The van der Waals surface area contributed by atoms with Crippen LogP contribution in [-0.4, -0.2) is 53.8 Å². The molecule has 0 aromatic rings. The van der Waals surface area contributed by atoms with Gasteiger partial charge in [-0.15, -0.1) is 0 Å². The van der Waals surface area contributed by atoms with E-state index in [-0.39, 0.29) is 0 Å². The first kappa shape index (κ1) is 9.79. The van der Waals surface area contributed by atoms with E-state index in [0.29, 0.717) is 11.8 Å². The summed E-state index contributed by atoms with van der Waals surface area (Å²) in [4.78, 5) is 16.5. The number of Topliss-reactive ketones (excluding diaryl/α,β-unsaturated/α-hetero) is 1. The van der Waals surface area contributed by atoms with E-state index in [2.05, 4.69) is 9.80 Å². The van der Waals surface area contributed by atoms with Crippen LogP contribution in [0.3, 0.4) is 0 Å². The first-order valence-electron chi connectivity index (χ1n) is 6.33. The average molecular weight is 208 g/mol. The van der Waals surface area contributed by atoms with Gasteiger partial charge in [-0.1, -0.05) is 0 Å². The molecule has 2 aliphatic heterocycles. The summed E-state index contributed by atoms with van der Waals surface area (Å²) in [6.45, 7) is 4.95. The molecule has 0 spiro atoms. The number of piperazine rings is 1. The standard InChI is InChI=1S/C12H20N2O/c15-12-4-3-10(8-12)14-7-6-13-5-1-2-11(13)9-14/h10-11H,1-9H2. The number of carbonyl (C=O) groups excluding carboxylic acids is 1. The van der Waals surface area contributed by atoms with Crippen molar-refractivity contribution in [2.24, 2.45) is 0 Å². The summed E-state index contributed by atoms with van der Waals surface area (Å²) in [6.07, 6.45) is 5.52. The zero-order valence-electron chi connectivity index (χ0n) is 9.32. The van der Waals surface area contributed by atoms with Gasteiger partial charge < -0.3 is 0 Å². The molecule has 0 amide bonds. The van der Waals surface area contributed by atoms with Crippen molar-refractivity contribution in [2.75, 3.05) is 26.2 Å². The van der Waals surface area contributed by atoms with Crippen molar-refractivity contribution in [1.82, 2.24) is 9.80 Å². The summed E-state index contributed by atoms with van der Waals surface area (Å²) in [5.74, 6) is 0.480. The second-order valence-corrected chi connectivity index (χ2v) is 5.26. The average Bonchev–Trinajstić information content (AvgIpc) is 2.84. The van der Waals surface area contributed by atoms with Gasteiger partial charge in [-0.2, -0.15) is 0 Å². The molecule has 2 saturated heterocycles. The lowest BCUT2D eigenvalue weighted by Gasteiger charge is -2.40. The van der Waals surface area contributed by atoms with E-state index in [0.717, 1.165) is 25.3 Å². The SMILES string of the molecule is O=C1CCC(N2CCN3CCCC3C2)C1. The lowest BCUT2D eigenvalue weighted by atomic mass is 10.1. The third kappa shape index (κ3) is 1.83. The fraction of sp³-hybridized carbons (Fsp3) is 0.917. The highest BCUT2D eigenvalue weighted by Crippen LogP contribution is 2.27. The number of hydrogen-bond donors (Lipinski definition) is 0. The van der Waals surface area contributed by atoms with Crippen LogP contribution >= 0.6 is 0 Å². The molecule has 2 heterocycles. The van der Waals surface area contributed by atoms with Gasteiger partial charge in [0.05, 0.1) is 0 Å². The maximum absolute atomic E-state index is 11.3. The van der Waals surface area contributed by atoms with Crippen LogP contribution in [0.4, 0.5) is 0 Å². The molecule has 3 nitrogen and oxygen atoms in total. The number of rotatable bonds is 1. The summed E-state index contributed by atoms with van der Waals surface area (Å²) >= 11 is 0. The second-order valence-electron chi connectivity index (χ2n) is 5.26. The Morgan fingerprint density at radius 2 is 1.87 bits per heavy atom. The van der Waals surface area contributed by atoms with Crippen molar-refractivity contribution < 1.29 is 4.79 Å². The van der Waals surface area contributed by atoms with E-state index >= 15 is 0 Å². The maximum atomic E-state index is 11.3. The van der Waals surface area contributed by atoms with Gasteiger partial charge in [-0.25, -0.2) is 0 Å². The fourth-order valence-electron chi connectivity index (χ4n) is 3.45. The quantitative estimate of drug-likeness (QED) is 0.639. The van der Waals surface area contributed by atoms with Crippen LogP contribution in [0, 0.1) is 0 Å². The molecule has 0 aromatic carbocycles. The molecule has 3 heteroatoms. The predicted molar refractivity (Wildman–Crippen MR) is 58.8 cm³/mol. The molecule has 15 heavy (non-hydrogen) atoms. The zero-order chi connectivity index (χ0) is 10.3. The van der Waals surface area contributed by atoms with E-state index in [9.17, 15) is 4.79 Å². The number of nitrogens with zero attached hydrogens (tertiary/aromatic N) is 2. The van der Waals surface area contributed by atoms with Gasteiger partial charge in [0.2, 0.25) is 0 Å². The summed E-state index contributed by atoms with van der Waals surface area (Å²) in [5, 5.41) is 0. The lowest BCUT2D eigenvalue weighted by Crippen LogP contribution is -2.52. The van der Waals surface area contributed by atoms with E-state index in [1.54, 1.807) is 0 Å². The normalized spacial score (nSPS) is 38.5. The van der Waals surface area contributed by atoms with Gasteiger partial charge in [0.15, 0.2) is 0 Å². The third-order valence-corrected chi connectivity index (χ3v) is 4.35. The van der Waals surface area contributed by atoms with Gasteiger partial charge in [0.1, 0.15) is 5.78 Å². The van der Waals surface area contributed by atoms with Crippen molar-refractivity contribution in [1.29, 1.82) is 0 Å². The Morgan fingerprint density at radius 1 is 1.00 bits per heavy atom. The topological polar surface area (TPSA) is 23.6 Å². The summed E-state index contributed by atoms with van der Waals surface area (Å²) in [5.41, 5.74) is 0. The molecule has 0 N–H and O–H groups in total. The minimum atomic E-state index is 0.480. The molecule has 1 aliphatic carbocycles. The maximum Gasteiger partial charge on any atom is 0.134 e. The minimum Gasteiger partial charge on any atom is -0.300 e. The monoisotopic (exact) mass is 208 g/mol. The van der Waals surface area contributed by atoms with Crippen molar-refractivity contribution in [2.45, 2.75) is 44.2 Å². The second kappa shape index (κ2) is 3.87. The molecule has 3 fully saturated rings. The van der Waals surface area contributed by atoms with Crippen LogP contribution < -0.4 is 0 Å². The molecule has 0 aromatic heterocycles. The highest BCUT2D eigenvalue weighted by Gasteiger charge is 2.35. The molecule has 3 rings (SSSR count). The summed E-state index contributed by atoms with van der Waals surface area (Å²) in [6, 6.07) is 1.38. The van der Waals surface area contributed by atoms with Crippen molar-refractivity contribution in [3.05, 3.63) is 0 Å². The van der Waals surface area contributed by atoms with Crippen molar-refractivity contribution in [3.63, 3.8) is 0 Å². The lowest BCUT2D eigenvalue weighted by molar-refractivity contribution is -0.117. The number of carbonyl (C=O) groups is 1. The minimum absolute atomic E-state index is 0.480. The number of hydrogen-bond acceptors (Lipinski definition) is 3. The molecule has 84 valence electrons.